The smallest absolute Gasteiger partial charge is 0.161 e. The van der Waals surface area contributed by atoms with E-state index in [0.717, 1.165) is 65.3 Å². The number of halogens is 2. The highest BCUT2D eigenvalue weighted by atomic mass is 35.5. The van der Waals surface area contributed by atoms with Crippen molar-refractivity contribution in [3.8, 4) is 33.3 Å². The number of methoxy groups -OCH3 is 2. The van der Waals surface area contributed by atoms with Gasteiger partial charge < -0.3 is 33.2 Å². The van der Waals surface area contributed by atoms with Crippen LogP contribution in [0.5, 0.6) is 11.5 Å². The maximum Gasteiger partial charge on any atom is 0.161 e. The van der Waals surface area contributed by atoms with Crippen LogP contribution in [0.3, 0.4) is 0 Å². The molecule has 12 rings (SSSR count). The number of Topliss-reactive ketones (excluding diaryl/α,β-unsaturated/α-hetero) is 1. The van der Waals surface area contributed by atoms with Gasteiger partial charge in [0, 0.05) is 54.2 Å². The monoisotopic (exact) mass is 893 g/mol. The Morgan fingerprint density at radius 3 is 1.95 bits per heavy atom. The number of ketones is 1. The van der Waals surface area contributed by atoms with Crippen molar-refractivity contribution in [3.05, 3.63) is 130 Å². The largest absolute Gasteiger partial charge is 0.497 e. The lowest BCUT2D eigenvalue weighted by molar-refractivity contribution is -0.115. The van der Waals surface area contributed by atoms with Crippen molar-refractivity contribution in [1.82, 2.24) is 4.40 Å². The van der Waals surface area contributed by atoms with E-state index < -0.39 is 0 Å². The summed E-state index contributed by atoms with van der Waals surface area (Å²) in [6.45, 7) is 5.43. The Morgan fingerprint density at radius 1 is 0.661 bits per heavy atom. The van der Waals surface area contributed by atoms with Crippen LogP contribution in [0.25, 0.3) is 101 Å². The van der Waals surface area contributed by atoms with Crippen LogP contribution < -0.4 is 15.2 Å². The minimum absolute atomic E-state index is 0.0787. The van der Waals surface area contributed by atoms with E-state index in [-0.39, 0.29) is 12.7 Å². The van der Waals surface area contributed by atoms with Crippen molar-refractivity contribution in [2.75, 3.05) is 20.0 Å². The van der Waals surface area contributed by atoms with E-state index in [0.29, 0.717) is 21.5 Å². The molecule has 0 saturated carbocycles. The number of carbonyl (C=O) groups is 1. The molecule has 11 heteroatoms. The molecule has 0 radical (unpaired) electrons. The van der Waals surface area contributed by atoms with Crippen LogP contribution in [0.4, 0.5) is 5.69 Å². The lowest BCUT2D eigenvalue weighted by atomic mass is 10.0. The normalized spacial score (nSPS) is 11.9. The number of nitrogen functional groups attached to an aromatic ring is 1. The summed E-state index contributed by atoms with van der Waals surface area (Å²) in [4.78, 5) is 10.5. The molecule has 12 aromatic rings. The summed E-state index contributed by atoms with van der Waals surface area (Å²) >= 11 is 16.8. The summed E-state index contributed by atoms with van der Waals surface area (Å²) in [6, 6.07) is 37.0. The Bertz CT molecular complexity index is 3760. The number of fused-ring (bicyclic) bond motifs is 12. The van der Waals surface area contributed by atoms with Gasteiger partial charge in [0.05, 0.1) is 50.6 Å². The highest BCUT2D eigenvalue weighted by molar-refractivity contribution is 7.26. The molecule has 62 heavy (non-hydrogen) atoms. The first-order valence-corrected chi connectivity index (χ1v) is 22.1. The number of para-hydroxylation sites is 2. The lowest BCUT2D eigenvalue weighted by Gasteiger charge is -2.09. The number of nitrogens with two attached hydrogens (primary N) is 1. The first kappa shape index (κ1) is 38.7. The fourth-order valence-electron chi connectivity index (χ4n) is 8.33. The third-order valence-electron chi connectivity index (χ3n) is 11.1. The first-order chi connectivity index (χ1) is 30.5. The molecule has 2 N–H and O–H groups in total. The van der Waals surface area contributed by atoms with Crippen molar-refractivity contribution in [2.24, 2.45) is 0 Å². The minimum atomic E-state index is -0.0833. The minimum Gasteiger partial charge on any atom is -0.497 e. The van der Waals surface area contributed by atoms with Crippen LogP contribution in [0.15, 0.2) is 118 Å². The molecule has 6 heterocycles. The van der Waals surface area contributed by atoms with Crippen molar-refractivity contribution in [1.29, 1.82) is 0 Å². The second kappa shape index (κ2) is 15.3. The molecule has 0 bridgehead atoms. The van der Waals surface area contributed by atoms with Crippen LogP contribution in [-0.2, 0) is 4.79 Å². The first-order valence-electron chi connectivity index (χ1n) is 20.4. The van der Waals surface area contributed by atoms with Gasteiger partial charge in [-0.3, -0.25) is 0 Å². The van der Waals surface area contributed by atoms with Crippen LogP contribution in [0.1, 0.15) is 26.3 Å². The predicted octanol–water partition coefficient (Wildman–Crippen LogP) is 15.9. The van der Waals surface area contributed by atoms with Gasteiger partial charge in [0.25, 0.3) is 0 Å². The highest BCUT2D eigenvalue weighted by Crippen LogP contribution is 2.50. The van der Waals surface area contributed by atoms with Gasteiger partial charge in [0.15, 0.2) is 11.3 Å². The second-order valence-corrected chi connectivity index (χ2v) is 18.1. The fraction of sp³-hybridized carbons (Fsp3) is 0.118. The zero-order chi connectivity index (χ0) is 43.8. The summed E-state index contributed by atoms with van der Waals surface area (Å²) < 4.78 is 35.6. The van der Waals surface area contributed by atoms with E-state index in [1.54, 1.807) is 25.6 Å². The number of anilines is 1. The topological polar surface area (TPSA) is 92.2 Å². The maximum absolute atomic E-state index is 9.62. The van der Waals surface area contributed by atoms with E-state index in [1.165, 1.54) is 60.0 Å². The van der Waals surface area contributed by atoms with Crippen LogP contribution in [0.2, 0.25) is 10.0 Å². The van der Waals surface area contributed by atoms with Gasteiger partial charge in [-0.05, 0) is 112 Å². The van der Waals surface area contributed by atoms with Crippen molar-refractivity contribution >= 4 is 137 Å². The molecular formula is C51H38Cl2N2O5S2. The van der Waals surface area contributed by atoms with Gasteiger partial charge >= 0.3 is 0 Å². The number of benzene rings is 6. The SMILES string of the molecule is COc1ccc2c(Cl)c(-c3cccc(-c4oc5cc(C)ccc5c4Cl)c3N)sc2c1.COc1ccc2c(c1)sc1c3cccc4c5oc6cc(C)ccc6c5n(c43)c21.[2H]CC(C)=O. The highest BCUT2D eigenvalue weighted by Gasteiger charge is 2.25. The van der Waals surface area contributed by atoms with Gasteiger partial charge in [-0.2, -0.15) is 0 Å². The van der Waals surface area contributed by atoms with E-state index in [1.807, 2.05) is 78.9 Å². The molecule has 0 saturated heterocycles. The molecule has 6 aromatic carbocycles. The van der Waals surface area contributed by atoms with Gasteiger partial charge in [-0.25, -0.2) is 0 Å². The lowest BCUT2D eigenvalue weighted by Crippen LogP contribution is -1.93. The molecule has 0 amide bonds. The Hall–Kier alpha value is -6.23. The van der Waals surface area contributed by atoms with Crippen molar-refractivity contribution < 1.29 is 24.5 Å². The van der Waals surface area contributed by atoms with Gasteiger partial charge in [-0.15, -0.1) is 22.7 Å². The van der Waals surface area contributed by atoms with Gasteiger partial charge in [0.1, 0.15) is 34.0 Å². The van der Waals surface area contributed by atoms with E-state index in [4.69, 9.17) is 48.6 Å². The fourth-order valence-corrected chi connectivity index (χ4v) is 11.5. The summed E-state index contributed by atoms with van der Waals surface area (Å²) in [5.74, 6) is 2.17. The number of nitrogens with zero attached hydrogens (tertiary/aromatic N) is 1. The van der Waals surface area contributed by atoms with Gasteiger partial charge in [0.2, 0.25) is 0 Å². The number of aromatic nitrogens is 1. The van der Waals surface area contributed by atoms with Crippen LogP contribution >= 0.6 is 45.9 Å². The molecule has 0 unspecified atom stereocenters. The van der Waals surface area contributed by atoms with Crippen molar-refractivity contribution in [3.63, 3.8) is 0 Å². The maximum atomic E-state index is 9.62. The summed E-state index contributed by atoms with van der Waals surface area (Å²) in [6.07, 6.45) is 0. The van der Waals surface area contributed by atoms with E-state index >= 15 is 0 Å². The second-order valence-electron chi connectivity index (χ2n) is 15.3. The molecule has 0 fully saturated rings. The van der Waals surface area contributed by atoms with Crippen LogP contribution in [0, 0.1) is 13.8 Å². The number of ether oxygens (including phenoxy) is 2. The molecule has 7 nitrogen and oxygen atoms in total. The quantitative estimate of drug-likeness (QED) is 0.177. The average Bonchev–Trinajstić information content (AvgIpc) is 4.12. The van der Waals surface area contributed by atoms with Crippen molar-refractivity contribution in [2.45, 2.75) is 27.7 Å². The number of carbonyl (C=O) groups excluding carboxylic acids is 1. The summed E-state index contributed by atoms with van der Waals surface area (Å²) in [5.41, 5.74) is 17.5. The number of aryl methyl sites for hydroxylation is 2. The third kappa shape index (κ3) is 6.33. The average molecular weight is 895 g/mol. The van der Waals surface area contributed by atoms with Gasteiger partial charge in [-0.1, -0.05) is 59.6 Å². The number of rotatable bonds is 4. The number of hydrogen-bond donors (Lipinski definition) is 1. The predicted molar refractivity (Wildman–Crippen MR) is 262 cm³/mol. The standard InChI is InChI=1S/C24H17Cl2NO2S.C24H15NO2S.C3H6O/c1-12-6-8-14-18(10-12)29-23(20(14)25)16-4-3-5-17(22(16)27)24-21(26)15-9-7-13(28-2)11-19(15)30-24;1-12-6-8-14-18(10-12)27-23-16-4-3-5-17-20(16)25(21(14)23)22-15-9-7-13(26-2)11-19(15)28-24(17)22;1-3(2)4/h3-11H,27H2,1-2H3;3-11H,1-2H3;1-2H3/i;;1D. The summed E-state index contributed by atoms with van der Waals surface area (Å²) in [7, 11) is 3.37. The molecule has 0 aliphatic carbocycles. The number of furan rings is 2. The molecule has 0 aliphatic rings. The third-order valence-corrected chi connectivity index (χ3v) is 14.3. The Labute approximate surface area is 375 Å². The van der Waals surface area contributed by atoms with E-state index in [2.05, 4.69) is 59.9 Å². The molecule has 0 atom stereocenters. The Balaban J connectivity index is 0.000000136. The zero-order valence-corrected chi connectivity index (χ0v) is 37.4. The molecule has 6 aromatic heterocycles. The number of thiophene rings is 2. The van der Waals surface area contributed by atoms with Crippen LogP contribution in [-0.4, -0.2) is 24.4 Å². The summed E-state index contributed by atoms with van der Waals surface area (Å²) in [5, 5.41) is 7.98. The Kier molecular flexibility index (Phi) is 9.54. The van der Waals surface area contributed by atoms with E-state index in [9.17, 15) is 4.79 Å². The molecule has 308 valence electrons. The zero-order valence-electron chi connectivity index (χ0n) is 35.2. The number of hydrogen-bond acceptors (Lipinski definition) is 8. The molecule has 0 aliphatic heterocycles. The molecule has 0 spiro atoms. The Morgan fingerprint density at radius 2 is 1.26 bits per heavy atom. The molecular weight excluding hydrogens is 856 g/mol.